The van der Waals surface area contributed by atoms with Gasteiger partial charge in [-0.1, -0.05) is 0 Å². The summed E-state index contributed by atoms with van der Waals surface area (Å²) in [6, 6.07) is -0.00552. The van der Waals surface area contributed by atoms with Gasteiger partial charge < -0.3 is 9.64 Å². The van der Waals surface area contributed by atoms with Crippen molar-refractivity contribution in [3.63, 3.8) is 0 Å². The number of ether oxygens (including phenoxy) is 1. The molecule has 0 aliphatic carbocycles. The molecule has 0 spiro atoms. The fraction of sp³-hybridized carbons (Fsp3) is 0.923. The van der Waals surface area contributed by atoms with E-state index in [9.17, 15) is 4.79 Å². The van der Waals surface area contributed by atoms with Gasteiger partial charge >= 0.3 is 0 Å². The van der Waals surface area contributed by atoms with E-state index in [1.54, 1.807) is 4.90 Å². The largest absolute Gasteiger partial charge is 0.380 e. The van der Waals surface area contributed by atoms with Gasteiger partial charge in [0.1, 0.15) is 0 Å². The summed E-state index contributed by atoms with van der Waals surface area (Å²) in [6.07, 6.45) is 0. The zero-order valence-corrected chi connectivity index (χ0v) is 12.2. The SMILES string of the molecule is CCOCCN1CCN(C(C)C(=O)N(C)C)CC1. The lowest BCUT2D eigenvalue weighted by Gasteiger charge is -2.38. The standard InChI is InChI=1S/C13H27N3O2/c1-5-18-11-10-15-6-8-16(9-7-15)12(2)13(17)14(3)4/h12H,5-11H2,1-4H3. The van der Waals surface area contributed by atoms with Crippen LogP contribution in [0.5, 0.6) is 0 Å². The lowest BCUT2D eigenvalue weighted by atomic mass is 10.2. The number of carbonyl (C=O) groups excluding carboxylic acids is 1. The fourth-order valence-electron chi connectivity index (χ4n) is 2.24. The smallest absolute Gasteiger partial charge is 0.239 e. The van der Waals surface area contributed by atoms with E-state index in [4.69, 9.17) is 4.74 Å². The molecule has 18 heavy (non-hydrogen) atoms. The summed E-state index contributed by atoms with van der Waals surface area (Å²) >= 11 is 0. The first kappa shape index (κ1) is 15.4. The summed E-state index contributed by atoms with van der Waals surface area (Å²) in [5.41, 5.74) is 0. The van der Waals surface area contributed by atoms with E-state index in [1.165, 1.54) is 0 Å². The Kier molecular flexibility index (Phi) is 6.60. The van der Waals surface area contributed by atoms with Gasteiger partial charge in [-0.05, 0) is 13.8 Å². The van der Waals surface area contributed by atoms with Gasteiger partial charge in [0.2, 0.25) is 5.91 Å². The predicted molar refractivity (Wildman–Crippen MR) is 72.7 cm³/mol. The molecule has 1 aliphatic heterocycles. The van der Waals surface area contributed by atoms with Crippen LogP contribution in [0.2, 0.25) is 0 Å². The summed E-state index contributed by atoms with van der Waals surface area (Å²) in [4.78, 5) is 18.2. The summed E-state index contributed by atoms with van der Waals surface area (Å²) in [7, 11) is 3.63. The van der Waals surface area contributed by atoms with Gasteiger partial charge in [-0.25, -0.2) is 0 Å². The van der Waals surface area contributed by atoms with Crippen LogP contribution in [0.25, 0.3) is 0 Å². The molecule has 1 rings (SSSR count). The van der Waals surface area contributed by atoms with Crippen LogP contribution in [0.3, 0.4) is 0 Å². The van der Waals surface area contributed by atoms with Crippen molar-refractivity contribution in [3.8, 4) is 0 Å². The number of amides is 1. The van der Waals surface area contributed by atoms with Crippen LogP contribution in [0.4, 0.5) is 0 Å². The molecule has 5 nitrogen and oxygen atoms in total. The Hall–Kier alpha value is -0.650. The molecule has 5 heteroatoms. The zero-order valence-electron chi connectivity index (χ0n) is 12.2. The average Bonchev–Trinajstić information content (AvgIpc) is 2.38. The number of rotatable bonds is 6. The number of hydrogen-bond donors (Lipinski definition) is 0. The minimum Gasteiger partial charge on any atom is -0.380 e. The van der Waals surface area contributed by atoms with Crippen LogP contribution in [0, 0.1) is 0 Å². The van der Waals surface area contributed by atoms with E-state index in [2.05, 4.69) is 9.80 Å². The molecular weight excluding hydrogens is 230 g/mol. The maximum absolute atomic E-state index is 11.9. The Labute approximate surface area is 111 Å². The molecule has 1 aliphatic rings. The highest BCUT2D eigenvalue weighted by Crippen LogP contribution is 2.07. The van der Waals surface area contributed by atoms with E-state index in [-0.39, 0.29) is 11.9 Å². The van der Waals surface area contributed by atoms with Crippen molar-refractivity contribution < 1.29 is 9.53 Å². The molecule has 0 radical (unpaired) electrons. The first-order valence-electron chi connectivity index (χ1n) is 6.81. The van der Waals surface area contributed by atoms with Gasteiger partial charge in [-0.15, -0.1) is 0 Å². The second-order valence-electron chi connectivity index (χ2n) is 4.98. The highest BCUT2D eigenvalue weighted by atomic mass is 16.5. The maximum atomic E-state index is 11.9. The Morgan fingerprint density at radius 1 is 1.28 bits per heavy atom. The van der Waals surface area contributed by atoms with Crippen molar-refractivity contribution in [3.05, 3.63) is 0 Å². The maximum Gasteiger partial charge on any atom is 0.239 e. The lowest BCUT2D eigenvalue weighted by molar-refractivity contribution is -0.134. The predicted octanol–water partition coefficient (Wildman–Crippen LogP) is 0.117. The third-order valence-electron chi connectivity index (χ3n) is 3.51. The van der Waals surface area contributed by atoms with Crippen molar-refractivity contribution in [2.45, 2.75) is 19.9 Å². The van der Waals surface area contributed by atoms with Crippen molar-refractivity contribution in [1.29, 1.82) is 0 Å². The van der Waals surface area contributed by atoms with Crippen molar-refractivity contribution in [1.82, 2.24) is 14.7 Å². The first-order chi connectivity index (χ1) is 8.56. The lowest BCUT2D eigenvalue weighted by Crippen LogP contribution is -2.54. The quantitative estimate of drug-likeness (QED) is 0.633. The Morgan fingerprint density at radius 2 is 1.89 bits per heavy atom. The van der Waals surface area contributed by atoms with Gasteiger partial charge in [0.25, 0.3) is 0 Å². The van der Waals surface area contributed by atoms with Crippen LogP contribution in [0.15, 0.2) is 0 Å². The number of carbonyl (C=O) groups is 1. The second-order valence-corrected chi connectivity index (χ2v) is 4.98. The molecule has 1 amide bonds. The molecule has 0 bridgehead atoms. The third-order valence-corrected chi connectivity index (χ3v) is 3.51. The van der Waals surface area contributed by atoms with Gasteiger partial charge in [0.05, 0.1) is 12.6 Å². The highest BCUT2D eigenvalue weighted by Gasteiger charge is 2.26. The fourth-order valence-corrected chi connectivity index (χ4v) is 2.24. The van der Waals surface area contributed by atoms with Crippen LogP contribution < -0.4 is 0 Å². The number of nitrogens with zero attached hydrogens (tertiary/aromatic N) is 3. The average molecular weight is 257 g/mol. The molecule has 1 heterocycles. The van der Waals surface area contributed by atoms with Crippen LogP contribution in [-0.2, 0) is 9.53 Å². The van der Waals surface area contributed by atoms with Gasteiger partial charge in [-0.3, -0.25) is 14.6 Å². The third kappa shape index (κ3) is 4.55. The summed E-state index contributed by atoms with van der Waals surface area (Å²) in [6.45, 7) is 10.6. The number of hydrogen-bond acceptors (Lipinski definition) is 4. The molecule has 1 fully saturated rings. The first-order valence-corrected chi connectivity index (χ1v) is 6.81. The normalized spacial score (nSPS) is 19.8. The summed E-state index contributed by atoms with van der Waals surface area (Å²) in [5.74, 6) is 0.192. The van der Waals surface area contributed by atoms with Crippen LogP contribution in [0.1, 0.15) is 13.8 Å². The Morgan fingerprint density at radius 3 is 2.39 bits per heavy atom. The molecule has 0 aromatic carbocycles. The Balaban J connectivity index is 2.28. The molecule has 1 unspecified atom stereocenters. The number of likely N-dealkylation sites (N-methyl/N-ethyl adjacent to an activating group) is 1. The van der Waals surface area contributed by atoms with Gasteiger partial charge in [0, 0.05) is 53.4 Å². The second kappa shape index (κ2) is 7.71. The number of piperazine rings is 1. The van der Waals surface area contributed by atoms with E-state index in [0.29, 0.717) is 0 Å². The molecule has 0 saturated carbocycles. The molecule has 1 saturated heterocycles. The minimum atomic E-state index is -0.00552. The van der Waals surface area contributed by atoms with E-state index < -0.39 is 0 Å². The minimum absolute atomic E-state index is 0.00552. The van der Waals surface area contributed by atoms with Crippen molar-refractivity contribution >= 4 is 5.91 Å². The molecule has 1 atom stereocenters. The molecular formula is C13H27N3O2. The van der Waals surface area contributed by atoms with E-state index >= 15 is 0 Å². The van der Waals surface area contributed by atoms with Crippen LogP contribution >= 0.6 is 0 Å². The highest BCUT2D eigenvalue weighted by molar-refractivity contribution is 5.80. The molecule has 0 N–H and O–H groups in total. The van der Waals surface area contributed by atoms with Gasteiger partial charge in [0.15, 0.2) is 0 Å². The van der Waals surface area contributed by atoms with Crippen LogP contribution in [-0.4, -0.2) is 86.7 Å². The van der Waals surface area contributed by atoms with E-state index in [0.717, 1.165) is 45.9 Å². The zero-order chi connectivity index (χ0) is 13.5. The van der Waals surface area contributed by atoms with Crippen molar-refractivity contribution in [2.75, 3.05) is 60.0 Å². The Bertz CT molecular complexity index is 251. The summed E-state index contributed by atoms with van der Waals surface area (Å²) < 4.78 is 5.36. The summed E-state index contributed by atoms with van der Waals surface area (Å²) in [5, 5.41) is 0. The molecule has 106 valence electrons. The van der Waals surface area contributed by atoms with Gasteiger partial charge in [-0.2, -0.15) is 0 Å². The molecule has 0 aromatic rings. The topological polar surface area (TPSA) is 36.0 Å². The van der Waals surface area contributed by atoms with E-state index in [1.807, 2.05) is 27.9 Å². The monoisotopic (exact) mass is 257 g/mol. The molecule has 0 aromatic heterocycles. The van der Waals surface area contributed by atoms with Crippen molar-refractivity contribution in [2.24, 2.45) is 0 Å².